The van der Waals surface area contributed by atoms with E-state index >= 15 is 0 Å². The minimum Gasteiger partial charge on any atom is -0.477 e. The fraction of sp³-hybridized carbons (Fsp3) is 0.308. The van der Waals surface area contributed by atoms with Crippen LogP contribution in [0.3, 0.4) is 0 Å². The highest BCUT2D eigenvalue weighted by atomic mass is 16.5. The van der Waals surface area contributed by atoms with Crippen LogP contribution in [0.1, 0.15) is 53.0 Å². The van der Waals surface area contributed by atoms with Crippen LogP contribution in [0, 0.1) is 0 Å². The highest BCUT2D eigenvalue weighted by Gasteiger charge is 2.29. The fourth-order valence-corrected chi connectivity index (χ4v) is 4.40. The number of carboxylic acid groups (broad SMARTS) is 1. The van der Waals surface area contributed by atoms with Crippen molar-refractivity contribution in [3.8, 4) is 11.1 Å². The monoisotopic (exact) mass is 476 g/mol. The van der Waals surface area contributed by atoms with Crippen molar-refractivity contribution in [1.82, 2.24) is 20.4 Å². The molecule has 0 saturated heterocycles. The number of aryl methyl sites for hydroxylation is 1. The van der Waals surface area contributed by atoms with Crippen LogP contribution in [0.15, 0.2) is 54.6 Å². The molecule has 0 aliphatic heterocycles. The number of hydrogen-bond donors (Lipinski definition) is 3. The van der Waals surface area contributed by atoms with Gasteiger partial charge in [0, 0.05) is 25.4 Å². The fourth-order valence-electron chi connectivity index (χ4n) is 4.40. The van der Waals surface area contributed by atoms with Crippen molar-refractivity contribution in [2.45, 2.75) is 38.3 Å². The van der Waals surface area contributed by atoms with E-state index in [0.717, 1.165) is 22.3 Å². The number of aromatic nitrogens is 2. The lowest BCUT2D eigenvalue weighted by atomic mass is 9.98. The molecule has 3 N–H and O–H groups in total. The zero-order valence-corrected chi connectivity index (χ0v) is 19.7. The van der Waals surface area contributed by atoms with Gasteiger partial charge in [-0.3, -0.25) is 9.48 Å². The van der Waals surface area contributed by atoms with E-state index in [4.69, 9.17) is 9.84 Å². The summed E-state index contributed by atoms with van der Waals surface area (Å²) in [6.45, 7) is 2.18. The van der Waals surface area contributed by atoms with E-state index < -0.39 is 18.1 Å². The third kappa shape index (κ3) is 5.34. The molecule has 1 unspecified atom stereocenters. The minimum atomic E-state index is -1.09. The van der Waals surface area contributed by atoms with Crippen molar-refractivity contribution in [2.75, 3.05) is 6.61 Å². The van der Waals surface area contributed by atoms with E-state index in [1.807, 2.05) is 31.2 Å². The third-order valence-corrected chi connectivity index (χ3v) is 6.21. The first kappa shape index (κ1) is 24.0. The van der Waals surface area contributed by atoms with Gasteiger partial charge >= 0.3 is 12.1 Å². The van der Waals surface area contributed by atoms with Gasteiger partial charge in [0.05, 0.1) is 12.2 Å². The standard InChI is InChI=1S/C26H28N4O5/c1-3-16(13-24(31)27-14-17-12-23(25(32)33)30(2)29-17)28-26(34)35-15-22-20-10-6-4-8-18(20)19-9-5-7-11-21(19)22/h4-12,16,22H,3,13-15H2,1-2H3,(H,27,31)(H,28,34)(H,32,33). The lowest BCUT2D eigenvalue weighted by Gasteiger charge is -2.18. The van der Waals surface area contributed by atoms with Crippen molar-refractivity contribution in [3.05, 3.63) is 77.1 Å². The number of nitrogens with one attached hydrogen (secondary N) is 2. The number of aromatic carboxylic acids is 1. The Kier molecular flexibility index (Phi) is 7.14. The van der Waals surface area contributed by atoms with Crippen LogP contribution >= 0.6 is 0 Å². The maximum Gasteiger partial charge on any atom is 0.407 e. The van der Waals surface area contributed by atoms with Gasteiger partial charge in [-0.15, -0.1) is 0 Å². The van der Waals surface area contributed by atoms with Gasteiger partial charge in [0.25, 0.3) is 0 Å². The maximum atomic E-state index is 12.5. The summed E-state index contributed by atoms with van der Waals surface area (Å²) in [6.07, 6.45) is 0.0475. The zero-order chi connectivity index (χ0) is 24.9. The molecule has 4 rings (SSSR count). The van der Waals surface area contributed by atoms with Gasteiger partial charge in [0.15, 0.2) is 0 Å². The predicted molar refractivity (Wildman–Crippen MR) is 129 cm³/mol. The summed E-state index contributed by atoms with van der Waals surface area (Å²) < 4.78 is 6.82. The van der Waals surface area contributed by atoms with E-state index in [-0.39, 0.29) is 37.1 Å². The number of nitrogens with zero attached hydrogens (tertiary/aromatic N) is 2. The molecule has 0 radical (unpaired) electrons. The molecule has 9 nitrogen and oxygen atoms in total. The van der Waals surface area contributed by atoms with Gasteiger partial charge in [-0.1, -0.05) is 55.5 Å². The molecule has 1 atom stereocenters. The van der Waals surface area contributed by atoms with E-state index in [2.05, 4.69) is 40.0 Å². The van der Waals surface area contributed by atoms with Gasteiger partial charge in [0.1, 0.15) is 12.3 Å². The number of rotatable bonds is 9. The summed E-state index contributed by atoms with van der Waals surface area (Å²) in [6, 6.07) is 17.2. The third-order valence-electron chi connectivity index (χ3n) is 6.21. The predicted octanol–water partition coefficient (Wildman–Crippen LogP) is 3.44. The highest BCUT2D eigenvalue weighted by molar-refractivity contribution is 5.85. The molecule has 3 aromatic rings. The average Bonchev–Trinajstić information content (AvgIpc) is 3.38. The smallest absolute Gasteiger partial charge is 0.407 e. The van der Waals surface area contributed by atoms with Crippen LogP contribution in [-0.4, -0.2) is 45.5 Å². The number of benzene rings is 2. The Morgan fingerprint density at radius 1 is 1.09 bits per heavy atom. The van der Waals surface area contributed by atoms with Gasteiger partial charge in [0.2, 0.25) is 5.91 Å². The van der Waals surface area contributed by atoms with Gasteiger partial charge in [-0.25, -0.2) is 9.59 Å². The molecule has 1 aliphatic carbocycles. The molecule has 0 saturated carbocycles. The number of carbonyl (C=O) groups is 3. The number of hydrogen-bond acceptors (Lipinski definition) is 5. The Hall–Kier alpha value is -4.14. The summed E-state index contributed by atoms with van der Waals surface area (Å²) in [5.41, 5.74) is 5.06. The first-order valence-corrected chi connectivity index (χ1v) is 11.5. The lowest BCUT2D eigenvalue weighted by Crippen LogP contribution is -2.39. The van der Waals surface area contributed by atoms with Gasteiger partial charge in [-0.2, -0.15) is 5.10 Å². The molecule has 2 aromatic carbocycles. The van der Waals surface area contributed by atoms with Crippen molar-refractivity contribution in [1.29, 1.82) is 0 Å². The number of alkyl carbamates (subject to hydrolysis) is 1. The van der Waals surface area contributed by atoms with Crippen molar-refractivity contribution >= 4 is 18.0 Å². The molecule has 1 aliphatic rings. The molecular formula is C26H28N4O5. The second-order valence-electron chi connectivity index (χ2n) is 8.51. The Balaban J connectivity index is 1.28. The minimum absolute atomic E-state index is 0.0365. The number of carbonyl (C=O) groups excluding carboxylic acids is 2. The van der Waals surface area contributed by atoms with Crippen LogP contribution in [-0.2, 0) is 23.1 Å². The molecule has 182 valence electrons. The second-order valence-corrected chi connectivity index (χ2v) is 8.51. The van der Waals surface area contributed by atoms with Gasteiger partial charge < -0.3 is 20.5 Å². The molecular weight excluding hydrogens is 448 g/mol. The Morgan fingerprint density at radius 3 is 2.29 bits per heavy atom. The molecule has 1 heterocycles. The topological polar surface area (TPSA) is 123 Å². The Morgan fingerprint density at radius 2 is 1.71 bits per heavy atom. The van der Waals surface area contributed by atoms with Crippen LogP contribution < -0.4 is 10.6 Å². The number of ether oxygens (including phenoxy) is 1. The summed E-state index contributed by atoms with van der Waals surface area (Å²) in [5, 5.41) is 18.7. The van der Waals surface area contributed by atoms with Crippen LogP contribution in [0.4, 0.5) is 4.79 Å². The highest BCUT2D eigenvalue weighted by Crippen LogP contribution is 2.44. The van der Waals surface area contributed by atoms with Crippen LogP contribution in [0.5, 0.6) is 0 Å². The van der Waals surface area contributed by atoms with Crippen molar-refractivity contribution in [3.63, 3.8) is 0 Å². The van der Waals surface area contributed by atoms with Crippen molar-refractivity contribution in [2.24, 2.45) is 7.05 Å². The first-order valence-electron chi connectivity index (χ1n) is 11.5. The molecule has 2 amide bonds. The molecule has 0 spiro atoms. The molecule has 0 fully saturated rings. The molecule has 0 bridgehead atoms. The summed E-state index contributed by atoms with van der Waals surface area (Å²) in [4.78, 5) is 36.0. The Bertz CT molecular complexity index is 1210. The normalized spacial score (nSPS) is 13.0. The molecule has 9 heteroatoms. The number of amides is 2. The molecule has 35 heavy (non-hydrogen) atoms. The quantitative estimate of drug-likeness (QED) is 0.435. The average molecular weight is 477 g/mol. The Labute approximate surface area is 203 Å². The lowest BCUT2D eigenvalue weighted by molar-refractivity contribution is -0.121. The summed E-state index contributed by atoms with van der Waals surface area (Å²) in [7, 11) is 1.53. The number of carboxylic acids is 1. The SMILES string of the molecule is CCC(CC(=O)NCc1cc(C(=O)O)n(C)n1)NC(=O)OCC1c2ccccc2-c2ccccc21. The second kappa shape index (κ2) is 10.4. The van der Waals surface area contributed by atoms with E-state index in [1.165, 1.54) is 17.8 Å². The first-order chi connectivity index (χ1) is 16.9. The van der Waals surface area contributed by atoms with Crippen molar-refractivity contribution < 1.29 is 24.2 Å². The zero-order valence-electron chi connectivity index (χ0n) is 19.7. The summed E-state index contributed by atoms with van der Waals surface area (Å²) >= 11 is 0. The molecule has 1 aromatic heterocycles. The number of fused-ring (bicyclic) bond motifs is 3. The largest absolute Gasteiger partial charge is 0.477 e. The van der Waals surface area contributed by atoms with Crippen LogP contribution in [0.2, 0.25) is 0 Å². The van der Waals surface area contributed by atoms with E-state index in [0.29, 0.717) is 12.1 Å². The van der Waals surface area contributed by atoms with Crippen LogP contribution in [0.25, 0.3) is 11.1 Å². The maximum absolute atomic E-state index is 12.5. The summed E-state index contributed by atoms with van der Waals surface area (Å²) in [5.74, 6) is -1.40. The van der Waals surface area contributed by atoms with E-state index in [9.17, 15) is 14.4 Å². The van der Waals surface area contributed by atoms with E-state index in [1.54, 1.807) is 0 Å². The van der Waals surface area contributed by atoms with Gasteiger partial charge in [-0.05, 0) is 34.7 Å².